The minimum absolute atomic E-state index is 0.00373. The van der Waals surface area contributed by atoms with Gasteiger partial charge in [0.2, 0.25) is 5.16 Å². The Kier molecular flexibility index (Phi) is 4.90. The zero-order valence-corrected chi connectivity index (χ0v) is 14.3. The third kappa shape index (κ3) is 3.62. The Balaban J connectivity index is 1.75. The molecule has 0 unspecified atom stereocenters. The Morgan fingerprint density at radius 2 is 1.92 bits per heavy atom. The van der Waals surface area contributed by atoms with Gasteiger partial charge in [-0.3, -0.25) is 4.79 Å². The van der Waals surface area contributed by atoms with E-state index in [1.54, 1.807) is 23.7 Å². The summed E-state index contributed by atoms with van der Waals surface area (Å²) < 4.78 is 1.71. The highest BCUT2D eigenvalue weighted by atomic mass is 32.2. The topological polar surface area (TPSA) is 63.9 Å². The summed E-state index contributed by atoms with van der Waals surface area (Å²) in [5.74, 6) is 0.679. The molecule has 0 atom stereocenters. The van der Waals surface area contributed by atoms with Crippen LogP contribution in [0.25, 0.3) is 5.69 Å². The van der Waals surface area contributed by atoms with Crippen LogP contribution in [-0.4, -0.2) is 45.1 Å². The smallest absolute Gasteiger partial charge is 0.253 e. The summed E-state index contributed by atoms with van der Waals surface area (Å²) in [6.45, 7) is 0. The van der Waals surface area contributed by atoms with E-state index in [0.717, 1.165) is 11.3 Å². The Morgan fingerprint density at radius 1 is 1.12 bits per heavy atom. The van der Waals surface area contributed by atoms with Crippen LogP contribution in [0.15, 0.2) is 59.8 Å². The van der Waals surface area contributed by atoms with Crippen LogP contribution in [0.2, 0.25) is 0 Å². The van der Waals surface area contributed by atoms with Gasteiger partial charge in [0, 0.05) is 25.4 Å². The number of rotatable bonds is 5. The molecule has 3 aromatic rings. The van der Waals surface area contributed by atoms with E-state index in [0.29, 0.717) is 16.5 Å². The van der Waals surface area contributed by atoms with E-state index in [9.17, 15) is 4.79 Å². The molecule has 0 aliphatic carbocycles. The van der Waals surface area contributed by atoms with Crippen molar-refractivity contribution in [3.63, 3.8) is 0 Å². The van der Waals surface area contributed by atoms with Crippen molar-refractivity contribution in [2.45, 2.75) is 10.9 Å². The van der Waals surface area contributed by atoms with Crippen molar-refractivity contribution in [3.05, 3.63) is 65.7 Å². The molecule has 1 amide bonds. The monoisotopic (exact) mass is 339 g/mol. The zero-order chi connectivity index (χ0) is 16.9. The van der Waals surface area contributed by atoms with Gasteiger partial charge in [-0.1, -0.05) is 42.1 Å². The highest BCUT2D eigenvalue weighted by Crippen LogP contribution is 2.23. The molecule has 0 saturated heterocycles. The second-order valence-corrected chi connectivity index (χ2v) is 6.34. The Hall–Kier alpha value is -2.67. The van der Waals surface area contributed by atoms with E-state index in [-0.39, 0.29) is 5.91 Å². The number of carbonyl (C=O) groups excluding carboxylic acids is 1. The quantitative estimate of drug-likeness (QED) is 0.669. The third-order valence-corrected chi connectivity index (χ3v) is 4.38. The molecule has 122 valence electrons. The van der Waals surface area contributed by atoms with Crippen LogP contribution in [0.3, 0.4) is 0 Å². The molecule has 0 N–H and O–H groups in total. The molecule has 6 nitrogen and oxygen atoms in total. The molecule has 0 aliphatic rings. The lowest BCUT2D eigenvalue weighted by atomic mass is 10.1. The van der Waals surface area contributed by atoms with E-state index in [2.05, 4.69) is 15.5 Å². The minimum atomic E-state index is -0.00373. The third-order valence-electron chi connectivity index (χ3n) is 3.39. The normalized spacial score (nSPS) is 10.6. The summed E-state index contributed by atoms with van der Waals surface area (Å²) in [6, 6.07) is 17.4. The average molecular weight is 339 g/mol. The van der Waals surface area contributed by atoms with Crippen LogP contribution in [0.4, 0.5) is 0 Å². The summed E-state index contributed by atoms with van der Waals surface area (Å²) >= 11 is 1.53. The summed E-state index contributed by atoms with van der Waals surface area (Å²) in [7, 11) is 3.50. The number of hydrogen-bond donors (Lipinski definition) is 0. The highest BCUT2D eigenvalue weighted by molar-refractivity contribution is 7.98. The van der Waals surface area contributed by atoms with Crippen LogP contribution < -0.4 is 0 Å². The van der Waals surface area contributed by atoms with E-state index >= 15 is 0 Å². The summed E-state index contributed by atoms with van der Waals surface area (Å²) in [5.41, 5.74) is 2.65. The van der Waals surface area contributed by atoms with E-state index < -0.39 is 0 Å². The standard InChI is InChI=1S/C17H17N5OS/c1-21(2)16(23)14-8-6-7-13(11-14)12-24-17-18-19-20-22(17)15-9-4-3-5-10-15/h3-11H,12H2,1-2H3. The molecule has 0 bridgehead atoms. The molecule has 0 radical (unpaired) electrons. The van der Waals surface area contributed by atoms with Crippen molar-refractivity contribution in [1.82, 2.24) is 25.1 Å². The predicted molar refractivity (Wildman–Crippen MR) is 93.2 cm³/mol. The molecule has 0 fully saturated rings. The first kappa shape index (κ1) is 16.2. The van der Waals surface area contributed by atoms with Gasteiger partial charge in [0.1, 0.15) is 0 Å². The van der Waals surface area contributed by atoms with Gasteiger partial charge >= 0.3 is 0 Å². The number of thioether (sulfide) groups is 1. The molecule has 1 aromatic heterocycles. The maximum absolute atomic E-state index is 12.1. The predicted octanol–water partition coefficient (Wildman–Crippen LogP) is 2.66. The van der Waals surface area contributed by atoms with Crippen LogP contribution in [0.5, 0.6) is 0 Å². The van der Waals surface area contributed by atoms with Crippen LogP contribution in [0, 0.1) is 0 Å². The lowest BCUT2D eigenvalue weighted by Crippen LogP contribution is -2.21. The Bertz CT molecular complexity index is 832. The first-order valence-corrected chi connectivity index (χ1v) is 8.41. The number of para-hydroxylation sites is 1. The van der Waals surface area contributed by atoms with Crippen LogP contribution in [-0.2, 0) is 5.75 Å². The number of carbonyl (C=O) groups is 1. The molecule has 1 heterocycles. The van der Waals surface area contributed by atoms with Crippen molar-refractivity contribution < 1.29 is 4.79 Å². The van der Waals surface area contributed by atoms with Gasteiger partial charge < -0.3 is 4.90 Å². The van der Waals surface area contributed by atoms with Crippen molar-refractivity contribution in [1.29, 1.82) is 0 Å². The fraction of sp³-hybridized carbons (Fsp3) is 0.176. The van der Waals surface area contributed by atoms with E-state index in [1.165, 1.54) is 11.8 Å². The highest BCUT2D eigenvalue weighted by Gasteiger charge is 2.11. The van der Waals surface area contributed by atoms with Gasteiger partial charge in [-0.15, -0.1) is 5.10 Å². The van der Waals surface area contributed by atoms with Gasteiger partial charge in [-0.25, -0.2) is 0 Å². The summed E-state index contributed by atoms with van der Waals surface area (Å²) in [4.78, 5) is 13.6. The second kappa shape index (κ2) is 7.27. The zero-order valence-electron chi connectivity index (χ0n) is 13.5. The fourth-order valence-corrected chi connectivity index (χ4v) is 3.03. The molecule has 24 heavy (non-hydrogen) atoms. The van der Waals surface area contributed by atoms with Crippen molar-refractivity contribution in [3.8, 4) is 5.69 Å². The largest absolute Gasteiger partial charge is 0.345 e. The van der Waals surface area contributed by atoms with E-state index in [1.807, 2.05) is 54.6 Å². The van der Waals surface area contributed by atoms with Crippen molar-refractivity contribution >= 4 is 17.7 Å². The molecular weight excluding hydrogens is 322 g/mol. The Morgan fingerprint density at radius 3 is 2.67 bits per heavy atom. The number of aromatic nitrogens is 4. The first-order chi connectivity index (χ1) is 11.6. The first-order valence-electron chi connectivity index (χ1n) is 7.42. The minimum Gasteiger partial charge on any atom is -0.345 e. The van der Waals surface area contributed by atoms with Gasteiger partial charge in [-0.05, 0) is 40.3 Å². The molecule has 7 heteroatoms. The maximum Gasteiger partial charge on any atom is 0.253 e. The molecule has 0 saturated carbocycles. The van der Waals surface area contributed by atoms with Gasteiger partial charge in [0.05, 0.1) is 5.69 Å². The second-order valence-electron chi connectivity index (χ2n) is 5.40. The number of amides is 1. The Labute approximate surface area is 144 Å². The number of hydrogen-bond acceptors (Lipinski definition) is 5. The van der Waals surface area contributed by atoms with Gasteiger partial charge in [0.25, 0.3) is 5.91 Å². The molecule has 0 aliphatic heterocycles. The SMILES string of the molecule is CN(C)C(=O)c1cccc(CSc2nnnn2-c2ccccc2)c1. The van der Waals surface area contributed by atoms with Crippen LogP contribution >= 0.6 is 11.8 Å². The molecule has 3 rings (SSSR count). The number of benzene rings is 2. The molecule has 0 spiro atoms. The van der Waals surface area contributed by atoms with Gasteiger partial charge in [-0.2, -0.15) is 4.68 Å². The number of tetrazole rings is 1. The van der Waals surface area contributed by atoms with E-state index in [4.69, 9.17) is 0 Å². The van der Waals surface area contributed by atoms with Crippen LogP contribution in [0.1, 0.15) is 15.9 Å². The lowest BCUT2D eigenvalue weighted by Gasteiger charge is -2.11. The molecule has 2 aromatic carbocycles. The summed E-state index contributed by atoms with van der Waals surface area (Å²) in [6.07, 6.45) is 0. The fourth-order valence-electron chi connectivity index (χ4n) is 2.20. The van der Waals surface area contributed by atoms with Crippen molar-refractivity contribution in [2.24, 2.45) is 0 Å². The van der Waals surface area contributed by atoms with Gasteiger partial charge in [0.15, 0.2) is 0 Å². The number of nitrogens with zero attached hydrogens (tertiary/aromatic N) is 5. The van der Waals surface area contributed by atoms with Crippen molar-refractivity contribution in [2.75, 3.05) is 14.1 Å². The maximum atomic E-state index is 12.1. The molecular formula is C17H17N5OS. The lowest BCUT2D eigenvalue weighted by molar-refractivity contribution is 0.0827. The summed E-state index contributed by atoms with van der Waals surface area (Å²) in [5, 5.41) is 12.6. The average Bonchev–Trinajstić information content (AvgIpc) is 3.09.